The van der Waals surface area contributed by atoms with E-state index in [1.54, 1.807) is 12.1 Å². The number of aryl methyl sites for hydroxylation is 1. The monoisotopic (exact) mass is 323 g/mol. The number of H-pyrrole nitrogens is 1. The van der Waals surface area contributed by atoms with Gasteiger partial charge in [-0.25, -0.2) is 0 Å². The van der Waals surface area contributed by atoms with E-state index in [-0.39, 0.29) is 5.56 Å². The van der Waals surface area contributed by atoms with Crippen molar-refractivity contribution in [1.82, 2.24) is 4.98 Å². The van der Waals surface area contributed by atoms with Gasteiger partial charge in [0, 0.05) is 23.2 Å². The molecular formula is C18H14ClN3O. The van der Waals surface area contributed by atoms with Crippen LogP contribution in [0.25, 0.3) is 10.9 Å². The molecule has 0 spiro atoms. The van der Waals surface area contributed by atoms with Gasteiger partial charge in [-0.05, 0) is 42.8 Å². The van der Waals surface area contributed by atoms with Crippen LogP contribution in [0.3, 0.4) is 0 Å². The number of aromatic amines is 1. The lowest BCUT2D eigenvalue weighted by molar-refractivity contribution is 1.09. The highest BCUT2D eigenvalue weighted by Crippen LogP contribution is 2.21. The van der Waals surface area contributed by atoms with Crippen molar-refractivity contribution in [3.63, 3.8) is 0 Å². The summed E-state index contributed by atoms with van der Waals surface area (Å²) >= 11 is 6.09. The van der Waals surface area contributed by atoms with Gasteiger partial charge in [-0.1, -0.05) is 23.7 Å². The highest BCUT2D eigenvalue weighted by Gasteiger charge is 2.06. The summed E-state index contributed by atoms with van der Waals surface area (Å²) in [6.07, 6.45) is 0. The number of fused-ring (bicyclic) bond motifs is 1. The van der Waals surface area contributed by atoms with Crippen LogP contribution >= 0.6 is 11.6 Å². The summed E-state index contributed by atoms with van der Waals surface area (Å²) in [4.78, 5) is 15.0. The minimum absolute atomic E-state index is 0.163. The SMILES string of the molecule is Cc1cc(NCc2cc3cccc(Cl)c3[nH]c2=O)ccc1C#N. The second kappa shape index (κ2) is 6.15. The Bertz CT molecular complexity index is 986. The maximum absolute atomic E-state index is 12.2. The summed E-state index contributed by atoms with van der Waals surface area (Å²) in [5, 5.41) is 13.6. The predicted octanol–water partition coefficient (Wildman–Crippen LogP) is 3.97. The van der Waals surface area contributed by atoms with Crippen molar-refractivity contribution in [3.05, 3.63) is 74.5 Å². The van der Waals surface area contributed by atoms with Gasteiger partial charge in [-0.15, -0.1) is 0 Å². The summed E-state index contributed by atoms with van der Waals surface area (Å²) in [5.74, 6) is 0. The molecule has 0 saturated heterocycles. The third kappa shape index (κ3) is 3.05. The van der Waals surface area contributed by atoms with E-state index in [1.165, 1.54) is 0 Å². The van der Waals surface area contributed by atoms with Gasteiger partial charge in [0.1, 0.15) is 0 Å². The molecule has 3 aromatic rings. The molecule has 0 amide bonds. The van der Waals surface area contributed by atoms with Gasteiger partial charge in [0.25, 0.3) is 5.56 Å². The molecule has 0 aliphatic heterocycles. The van der Waals surface area contributed by atoms with Crippen LogP contribution in [-0.2, 0) is 6.54 Å². The predicted molar refractivity (Wildman–Crippen MR) is 92.8 cm³/mol. The molecule has 5 heteroatoms. The number of pyridine rings is 1. The van der Waals surface area contributed by atoms with E-state index in [9.17, 15) is 4.79 Å². The number of halogens is 1. The van der Waals surface area contributed by atoms with Crippen LogP contribution in [0, 0.1) is 18.3 Å². The Kier molecular flexibility index (Phi) is 4.05. The van der Waals surface area contributed by atoms with Crippen molar-refractivity contribution in [2.45, 2.75) is 13.5 Å². The Morgan fingerprint density at radius 3 is 2.83 bits per heavy atom. The van der Waals surface area contributed by atoms with Crippen molar-refractivity contribution in [3.8, 4) is 6.07 Å². The second-order valence-electron chi connectivity index (χ2n) is 5.32. The maximum Gasteiger partial charge on any atom is 0.253 e. The minimum Gasteiger partial charge on any atom is -0.381 e. The molecule has 0 fully saturated rings. The van der Waals surface area contributed by atoms with E-state index >= 15 is 0 Å². The Balaban J connectivity index is 1.87. The third-order valence-corrected chi connectivity index (χ3v) is 4.05. The fraction of sp³-hybridized carbons (Fsp3) is 0.111. The molecule has 1 heterocycles. The number of nitriles is 1. The number of aromatic nitrogens is 1. The summed E-state index contributed by atoms with van der Waals surface area (Å²) < 4.78 is 0. The maximum atomic E-state index is 12.2. The number of nitrogens with one attached hydrogen (secondary N) is 2. The molecule has 0 radical (unpaired) electrons. The summed E-state index contributed by atoms with van der Waals surface area (Å²) in [7, 11) is 0. The van der Waals surface area contributed by atoms with Gasteiger partial charge in [0.05, 0.1) is 22.2 Å². The van der Waals surface area contributed by atoms with Crippen LogP contribution in [0.1, 0.15) is 16.7 Å². The highest BCUT2D eigenvalue weighted by atomic mass is 35.5. The fourth-order valence-corrected chi connectivity index (χ4v) is 2.70. The molecule has 0 aliphatic rings. The summed E-state index contributed by atoms with van der Waals surface area (Å²) in [6.45, 7) is 2.28. The zero-order chi connectivity index (χ0) is 16.4. The van der Waals surface area contributed by atoms with E-state index in [4.69, 9.17) is 16.9 Å². The number of nitrogens with zero attached hydrogens (tertiary/aromatic N) is 1. The number of rotatable bonds is 3. The molecule has 23 heavy (non-hydrogen) atoms. The number of anilines is 1. The summed E-state index contributed by atoms with van der Waals surface area (Å²) in [6, 6.07) is 15.0. The average Bonchev–Trinajstić information content (AvgIpc) is 2.54. The molecule has 0 atom stereocenters. The zero-order valence-electron chi connectivity index (χ0n) is 12.5. The molecule has 3 rings (SSSR count). The van der Waals surface area contributed by atoms with Gasteiger partial charge in [-0.3, -0.25) is 4.79 Å². The van der Waals surface area contributed by atoms with E-state index in [1.807, 2.05) is 37.3 Å². The van der Waals surface area contributed by atoms with Crippen molar-refractivity contribution in [1.29, 1.82) is 5.26 Å². The molecule has 0 saturated carbocycles. The number of hydrogen-bond donors (Lipinski definition) is 2. The van der Waals surface area contributed by atoms with Crippen LogP contribution in [0.15, 0.2) is 47.3 Å². The van der Waals surface area contributed by atoms with Gasteiger partial charge in [0.2, 0.25) is 0 Å². The average molecular weight is 324 g/mol. The Morgan fingerprint density at radius 1 is 1.26 bits per heavy atom. The summed E-state index contributed by atoms with van der Waals surface area (Å²) in [5.41, 5.74) is 3.53. The largest absolute Gasteiger partial charge is 0.381 e. The molecule has 0 aliphatic carbocycles. The lowest BCUT2D eigenvalue weighted by Crippen LogP contribution is -2.15. The molecule has 0 bridgehead atoms. The fourth-order valence-electron chi connectivity index (χ4n) is 2.47. The highest BCUT2D eigenvalue weighted by molar-refractivity contribution is 6.35. The van der Waals surface area contributed by atoms with E-state index in [0.29, 0.717) is 28.2 Å². The first-order valence-corrected chi connectivity index (χ1v) is 7.51. The molecule has 4 nitrogen and oxygen atoms in total. The standard InChI is InChI=1S/C18H14ClN3O/c1-11-7-15(6-5-13(11)9-20)21-10-14-8-12-3-2-4-16(19)17(12)22-18(14)23/h2-8,21H,10H2,1H3,(H,22,23). The quantitative estimate of drug-likeness (QED) is 0.766. The van der Waals surface area contributed by atoms with E-state index < -0.39 is 0 Å². The lowest BCUT2D eigenvalue weighted by atomic mass is 10.1. The van der Waals surface area contributed by atoms with E-state index in [2.05, 4.69) is 16.4 Å². The van der Waals surface area contributed by atoms with Crippen molar-refractivity contribution < 1.29 is 0 Å². The smallest absolute Gasteiger partial charge is 0.253 e. The van der Waals surface area contributed by atoms with Crippen molar-refractivity contribution in [2.24, 2.45) is 0 Å². The molecule has 2 aromatic carbocycles. The van der Waals surface area contributed by atoms with Gasteiger partial charge >= 0.3 is 0 Å². The third-order valence-electron chi connectivity index (χ3n) is 3.74. The zero-order valence-corrected chi connectivity index (χ0v) is 13.2. The van der Waals surface area contributed by atoms with E-state index in [0.717, 1.165) is 16.6 Å². The topological polar surface area (TPSA) is 68.7 Å². The lowest BCUT2D eigenvalue weighted by Gasteiger charge is -2.09. The van der Waals surface area contributed by atoms with Crippen LogP contribution in [0.2, 0.25) is 5.02 Å². The first kappa shape index (κ1) is 15.1. The number of hydrogen-bond acceptors (Lipinski definition) is 3. The van der Waals surface area contributed by atoms with Crippen LogP contribution in [-0.4, -0.2) is 4.98 Å². The van der Waals surface area contributed by atoms with Crippen LogP contribution in [0.4, 0.5) is 5.69 Å². The van der Waals surface area contributed by atoms with Crippen LogP contribution in [0.5, 0.6) is 0 Å². The Hall–Kier alpha value is -2.77. The van der Waals surface area contributed by atoms with Crippen molar-refractivity contribution >= 4 is 28.2 Å². The van der Waals surface area contributed by atoms with Gasteiger partial charge in [-0.2, -0.15) is 5.26 Å². The Labute approximate surface area is 138 Å². The first-order chi connectivity index (χ1) is 11.1. The first-order valence-electron chi connectivity index (χ1n) is 7.13. The van der Waals surface area contributed by atoms with Crippen LogP contribution < -0.4 is 10.9 Å². The molecular weight excluding hydrogens is 310 g/mol. The second-order valence-corrected chi connectivity index (χ2v) is 5.73. The van der Waals surface area contributed by atoms with Crippen molar-refractivity contribution in [2.75, 3.05) is 5.32 Å². The number of benzene rings is 2. The normalized spacial score (nSPS) is 10.5. The van der Waals surface area contributed by atoms with Gasteiger partial charge in [0.15, 0.2) is 0 Å². The van der Waals surface area contributed by atoms with Gasteiger partial charge < -0.3 is 10.3 Å². The molecule has 2 N–H and O–H groups in total. The Morgan fingerprint density at radius 2 is 2.09 bits per heavy atom. The molecule has 1 aromatic heterocycles. The molecule has 114 valence electrons. The minimum atomic E-state index is -0.163. The number of para-hydroxylation sites is 1. The molecule has 0 unspecified atom stereocenters.